The van der Waals surface area contributed by atoms with Gasteiger partial charge in [0.1, 0.15) is 0 Å². The molecule has 3 aliphatic rings. The van der Waals surface area contributed by atoms with E-state index in [1.54, 1.807) is 0 Å². The highest BCUT2D eigenvalue weighted by molar-refractivity contribution is 8.15. The number of carbonyl (C=O) groups is 2. The molecule has 3 rings (SSSR count). The van der Waals surface area contributed by atoms with E-state index < -0.39 is 0 Å². The number of nitrogens with one attached hydrogen (secondary N) is 2. The number of carbonyl (C=O) groups excluding carboxylic acids is 2. The van der Waals surface area contributed by atoms with Crippen LogP contribution >= 0.6 is 11.8 Å². The van der Waals surface area contributed by atoms with Crippen molar-refractivity contribution in [2.75, 3.05) is 26.7 Å². The molecule has 0 bridgehead atoms. The normalized spacial score (nSPS) is 33.7. The number of nitrogens with zero attached hydrogens (tertiary/aromatic N) is 1. The number of rotatable bonds is 7. The second kappa shape index (κ2) is 9.35. The number of imide groups is 1. The summed E-state index contributed by atoms with van der Waals surface area (Å²) < 4.78 is 6.09. The van der Waals surface area contributed by atoms with Crippen molar-refractivity contribution in [3.05, 3.63) is 0 Å². The minimum atomic E-state index is -0.191. The average Bonchev–Trinajstić information content (AvgIpc) is 2.94. The molecule has 0 aromatic heterocycles. The Morgan fingerprint density at radius 1 is 1.16 bits per heavy atom. The molecule has 0 aromatic carbocycles. The van der Waals surface area contributed by atoms with Crippen molar-refractivity contribution in [2.45, 2.75) is 68.9 Å². The number of hydrogen-bond donors (Lipinski definition) is 2. The van der Waals surface area contributed by atoms with E-state index in [4.69, 9.17) is 4.74 Å². The number of hydrogen-bond acceptors (Lipinski definition) is 6. The summed E-state index contributed by atoms with van der Waals surface area (Å²) in [5.41, 5.74) is 0. The van der Waals surface area contributed by atoms with E-state index in [1.165, 1.54) is 19.3 Å². The highest BCUT2D eigenvalue weighted by Gasteiger charge is 2.34. The van der Waals surface area contributed by atoms with E-state index in [0.29, 0.717) is 18.2 Å². The highest BCUT2D eigenvalue weighted by Crippen LogP contribution is 2.34. The zero-order valence-electron chi connectivity index (χ0n) is 15.2. The minimum absolute atomic E-state index is 0.104. The molecule has 6 nitrogen and oxygen atoms in total. The minimum Gasteiger partial charge on any atom is -0.377 e. The van der Waals surface area contributed by atoms with E-state index in [0.717, 1.165) is 63.6 Å². The van der Waals surface area contributed by atoms with Crippen molar-refractivity contribution in [1.29, 1.82) is 0 Å². The quantitative estimate of drug-likeness (QED) is 0.718. The highest BCUT2D eigenvalue weighted by atomic mass is 32.2. The van der Waals surface area contributed by atoms with Crippen molar-refractivity contribution in [2.24, 2.45) is 5.92 Å². The van der Waals surface area contributed by atoms with Gasteiger partial charge in [-0.05, 0) is 70.9 Å². The number of likely N-dealkylation sites (N-methyl/N-ethyl adjacent to an activating group) is 1. The van der Waals surface area contributed by atoms with Gasteiger partial charge in [0.05, 0.1) is 24.1 Å². The van der Waals surface area contributed by atoms with Gasteiger partial charge in [0.25, 0.3) is 5.24 Å². The molecular weight excluding hydrogens is 338 g/mol. The summed E-state index contributed by atoms with van der Waals surface area (Å²) in [5, 5.41) is 5.58. The van der Waals surface area contributed by atoms with Gasteiger partial charge >= 0.3 is 0 Å². The summed E-state index contributed by atoms with van der Waals surface area (Å²) in [5.74, 6) is 0.441. The van der Waals surface area contributed by atoms with Crippen LogP contribution in [0.25, 0.3) is 0 Å². The van der Waals surface area contributed by atoms with Crippen molar-refractivity contribution in [3.63, 3.8) is 0 Å². The van der Waals surface area contributed by atoms with Crippen LogP contribution in [0.1, 0.15) is 51.4 Å². The summed E-state index contributed by atoms with van der Waals surface area (Å²) >= 11 is 1.16. The first-order valence-electron chi connectivity index (χ1n) is 9.68. The largest absolute Gasteiger partial charge is 0.377 e. The van der Waals surface area contributed by atoms with Crippen LogP contribution < -0.4 is 10.6 Å². The third-order valence-electron chi connectivity index (χ3n) is 5.72. The van der Waals surface area contributed by atoms with E-state index in [-0.39, 0.29) is 16.4 Å². The fraction of sp³-hybridized carbons (Fsp3) is 0.889. The van der Waals surface area contributed by atoms with Crippen molar-refractivity contribution in [1.82, 2.24) is 15.5 Å². The SMILES string of the molecule is CN(CCOC1CCC(CC2SC(=O)NC2=O)CC1)C1CCCCN1. The molecule has 142 valence electrons. The van der Waals surface area contributed by atoms with Crippen molar-refractivity contribution in [3.8, 4) is 0 Å². The molecule has 2 heterocycles. The Hall–Kier alpha value is -0.630. The van der Waals surface area contributed by atoms with E-state index >= 15 is 0 Å². The third-order valence-corrected chi connectivity index (χ3v) is 6.73. The second-order valence-electron chi connectivity index (χ2n) is 7.58. The number of amides is 2. The van der Waals surface area contributed by atoms with E-state index in [2.05, 4.69) is 22.6 Å². The molecule has 2 N–H and O–H groups in total. The Labute approximate surface area is 154 Å². The topological polar surface area (TPSA) is 70.7 Å². The molecular formula is C18H31N3O3S. The maximum atomic E-state index is 11.7. The number of ether oxygens (including phenoxy) is 1. The summed E-state index contributed by atoms with van der Waals surface area (Å²) in [4.78, 5) is 25.3. The fourth-order valence-corrected chi connectivity index (χ4v) is 5.07. The first-order valence-corrected chi connectivity index (χ1v) is 10.6. The maximum Gasteiger partial charge on any atom is 0.286 e. The monoisotopic (exact) mass is 369 g/mol. The summed E-state index contributed by atoms with van der Waals surface area (Å²) in [6.07, 6.45) is 9.87. The van der Waals surface area contributed by atoms with Gasteiger partial charge in [-0.25, -0.2) is 0 Å². The predicted octanol–water partition coefficient (Wildman–Crippen LogP) is 2.33. The zero-order chi connectivity index (χ0) is 17.6. The van der Waals surface area contributed by atoms with Gasteiger partial charge in [-0.2, -0.15) is 0 Å². The first-order chi connectivity index (χ1) is 12.1. The summed E-state index contributed by atoms with van der Waals surface area (Å²) in [7, 11) is 2.18. The average molecular weight is 370 g/mol. The molecule has 1 aliphatic carbocycles. The fourth-order valence-electron chi connectivity index (χ4n) is 4.11. The molecule has 2 aliphatic heterocycles. The van der Waals surface area contributed by atoms with Crippen LogP contribution in [0.5, 0.6) is 0 Å². The van der Waals surface area contributed by atoms with Crippen LogP contribution in [0, 0.1) is 5.92 Å². The Kier molecular flexibility index (Phi) is 7.16. The lowest BCUT2D eigenvalue weighted by atomic mass is 9.84. The zero-order valence-corrected chi connectivity index (χ0v) is 16.0. The molecule has 2 atom stereocenters. The van der Waals surface area contributed by atoms with Crippen LogP contribution in [0.15, 0.2) is 0 Å². The van der Waals surface area contributed by atoms with Crippen LogP contribution in [0.3, 0.4) is 0 Å². The maximum absolute atomic E-state index is 11.7. The van der Waals surface area contributed by atoms with Crippen molar-refractivity contribution >= 4 is 22.9 Å². The van der Waals surface area contributed by atoms with Crippen LogP contribution in [0.4, 0.5) is 4.79 Å². The molecule has 1 saturated carbocycles. The van der Waals surface area contributed by atoms with Crippen LogP contribution in [0.2, 0.25) is 0 Å². The molecule has 3 fully saturated rings. The van der Waals surface area contributed by atoms with Gasteiger partial charge in [0, 0.05) is 6.54 Å². The Balaban J connectivity index is 1.29. The van der Waals surface area contributed by atoms with Crippen LogP contribution in [-0.2, 0) is 9.53 Å². The predicted molar refractivity (Wildman–Crippen MR) is 99.5 cm³/mol. The smallest absolute Gasteiger partial charge is 0.286 e. The molecule has 7 heteroatoms. The lowest BCUT2D eigenvalue weighted by molar-refractivity contribution is -0.119. The number of piperidine rings is 1. The lowest BCUT2D eigenvalue weighted by Crippen LogP contribution is -2.47. The van der Waals surface area contributed by atoms with Gasteiger partial charge in [0.2, 0.25) is 5.91 Å². The Bertz CT molecular complexity index is 462. The molecule has 0 aromatic rings. The van der Waals surface area contributed by atoms with Gasteiger partial charge in [0.15, 0.2) is 0 Å². The Morgan fingerprint density at radius 3 is 2.60 bits per heavy atom. The standard InChI is InChI=1S/C18H31N3O3S/c1-21(16-4-2-3-9-19-16)10-11-24-14-7-5-13(6-8-14)12-15-17(22)20-18(23)25-15/h13-16,19H,2-12H2,1H3,(H,20,22,23). The summed E-state index contributed by atoms with van der Waals surface area (Å²) in [6, 6.07) is 0. The Morgan fingerprint density at radius 2 is 1.96 bits per heavy atom. The molecule has 2 saturated heterocycles. The first kappa shape index (κ1) is 19.1. The molecule has 2 unspecified atom stereocenters. The molecule has 2 amide bonds. The van der Waals surface area contributed by atoms with Crippen molar-refractivity contribution < 1.29 is 14.3 Å². The third kappa shape index (κ3) is 5.67. The summed E-state index contributed by atoms with van der Waals surface area (Å²) in [6.45, 7) is 2.89. The van der Waals surface area contributed by atoms with Gasteiger partial charge in [-0.1, -0.05) is 11.8 Å². The van der Waals surface area contributed by atoms with Gasteiger partial charge in [-0.3, -0.25) is 19.8 Å². The van der Waals surface area contributed by atoms with Crippen LogP contribution in [-0.4, -0.2) is 60.3 Å². The molecule has 0 spiro atoms. The van der Waals surface area contributed by atoms with E-state index in [9.17, 15) is 9.59 Å². The second-order valence-corrected chi connectivity index (χ2v) is 8.75. The lowest BCUT2D eigenvalue weighted by Gasteiger charge is -2.33. The number of thioether (sulfide) groups is 1. The van der Waals surface area contributed by atoms with Gasteiger partial charge in [-0.15, -0.1) is 0 Å². The molecule has 0 radical (unpaired) electrons. The molecule has 25 heavy (non-hydrogen) atoms. The van der Waals surface area contributed by atoms with E-state index in [1.807, 2.05) is 0 Å². The van der Waals surface area contributed by atoms with Gasteiger partial charge < -0.3 is 10.1 Å².